The fraction of sp³-hybridized carbons (Fsp3) is 0.200. The molecule has 0 saturated heterocycles. The maximum atomic E-state index is 5.98. The number of hydrogen-bond donors (Lipinski definition) is 2. The topological polar surface area (TPSA) is 47.3 Å². The molecule has 18 heavy (non-hydrogen) atoms. The van der Waals surface area contributed by atoms with Crippen molar-refractivity contribution in [3.8, 4) is 0 Å². The highest BCUT2D eigenvalue weighted by Crippen LogP contribution is 2.27. The highest BCUT2D eigenvalue weighted by molar-refractivity contribution is 5.75. The predicted molar refractivity (Wildman–Crippen MR) is 76.0 cm³/mol. The van der Waals surface area contributed by atoms with Crippen molar-refractivity contribution in [1.29, 1.82) is 0 Å². The molecule has 3 heteroatoms. The first kappa shape index (κ1) is 12.5. The molecule has 0 heterocycles. The third-order valence-electron chi connectivity index (χ3n) is 2.81. The van der Waals surface area contributed by atoms with Crippen molar-refractivity contribution in [2.24, 2.45) is 0 Å². The van der Waals surface area contributed by atoms with Gasteiger partial charge in [0, 0.05) is 12.8 Å². The number of hydrogen-bond acceptors (Lipinski definition) is 3. The van der Waals surface area contributed by atoms with E-state index in [0.717, 1.165) is 28.2 Å². The number of nitrogens with one attached hydrogen (secondary N) is 1. The number of benzene rings is 2. The predicted octanol–water partition coefficient (Wildman–Crippen LogP) is 3.47. The SMILES string of the molecule is COCc1cccc(Nc2c(C)cccc2N)c1. The van der Waals surface area contributed by atoms with Crippen molar-refractivity contribution in [3.05, 3.63) is 53.6 Å². The number of nitrogen functional groups attached to an aromatic ring is 1. The molecule has 3 N–H and O–H groups in total. The van der Waals surface area contributed by atoms with Gasteiger partial charge in [-0.2, -0.15) is 0 Å². The van der Waals surface area contributed by atoms with Gasteiger partial charge in [0.05, 0.1) is 18.0 Å². The van der Waals surface area contributed by atoms with E-state index >= 15 is 0 Å². The Morgan fingerprint density at radius 2 is 1.94 bits per heavy atom. The van der Waals surface area contributed by atoms with Gasteiger partial charge in [-0.25, -0.2) is 0 Å². The first-order valence-corrected chi connectivity index (χ1v) is 5.90. The molecule has 0 fully saturated rings. The number of anilines is 3. The summed E-state index contributed by atoms with van der Waals surface area (Å²) in [6.45, 7) is 2.65. The first-order valence-electron chi connectivity index (χ1n) is 5.90. The minimum absolute atomic E-state index is 0.610. The molecule has 0 unspecified atom stereocenters. The maximum absolute atomic E-state index is 5.98. The Labute approximate surface area is 108 Å². The molecule has 0 aromatic heterocycles. The lowest BCUT2D eigenvalue weighted by Gasteiger charge is -2.13. The standard InChI is InChI=1S/C15H18N2O/c1-11-5-3-8-14(16)15(11)17-13-7-4-6-12(9-13)10-18-2/h3-9,17H,10,16H2,1-2H3. The fourth-order valence-electron chi connectivity index (χ4n) is 1.91. The molecule has 0 radical (unpaired) electrons. The minimum Gasteiger partial charge on any atom is -0.397 e. The summed E-state index contributed by atoms with van der Waals surface area (Å²) in [5.74, 6) is 0. The number of nitrogens with two attached hydrogens (primary N) is 1. The summed E-state index contributed by atoms with van der Waals surface area (Å²) in [5, 5.41) is 3.36. The van der Waals surface area contributed by atoms with Crippen LogP contribution in [0, 0.1) is 6.92 Å². The zero-order valence-electron chi connectivity index (χ0n) is 10.7. The summed E-state index contributed by atoms with van der Waals surface area (Å²) in [7, 11) is 1.69. The van der Waals surface area contributed by atoms with Gasteiger partial charge >= 0.3 is 0 Å². The van der Waals surface area contributed by atoms with Gasteiger partial charge < -0.3 is 15.8 Å². The molecule has 3 nitrogen and oxygen atoms in total. The van der Waals surface area contributed by atoms with E-state index in [-0.39, 0.29) is 0 Å². The van der Waals surface area contributed by atoms with Crippen LogP contribution < -0.4 is 11.1 Å². The van der Waals surface area contributed by atoms with Gasteiger partial charge in [0.15, 0.2) is 0 Å². The zero-order valence-corrected chi connectivity index (χ0v) is 10.7. The molecule has 0 aliphatic rings. The summed E-state index contributed by atoms with van der Waals surface area (Å²) >= 11 is 0. The molecule has 0 aliphatic heterocycles. The van der Waals surface area contributed by atoms with Crippen molar-refractivity contribution in [1.82, 2.24) is 0 Å². The third-order valence-corrected chi connectivity index (χ3v) is 2.81. The molecule has 0 atom stereocenters. The normalized spacial score (nSPS) is 10.3. The Hall–Kier alpha value is -2.00. The molecule has 0 bridgehead atoms. The zero-order chi connectivity index (χ0) is 13.0. The molecule has 0 spiro atoms. The molecule has 2 aromatic carbocycles. The number of methoxy groups -OCH3 is 1. The Balaban J connectivity index is 2.26. The van der Waals surface area contributed by atoms with E-state index in [1.165, 1.54) is 0 Å². The summed E-state index contributed by atoms with van der Waals surface area (Å²) in [5.41, 5.74) is 11.0. The van der Waals surface area contributed by atoms with Crippen LogP contribution in [0.1, 0.15) is 11.1 Å². The van der Waals surface area contributed by atoms with Crippen LogP contribution >= 0.6 is 0 Å². The molecule has 0 aliphatic carbocycles. The third kappa shape index (κ3) is 2.81. The van der Waals surface area contributed by atoms with Crippen molar-refractivity contribution in [2.45, 2.75) is 13.5 Å². The monoisotopic (exact) mass is 242 g/mol. The molecule has 0 saturated carbocycles. The van der Waals surface area contributed by atoms with Crippen LogP contribution in [0.2, 0.25) is 0 Å². The van der Waals surface area contributed by atoms with E-state index in [1.807, 2.05) is 43.3 Å². The summed E-state index contributed by atoms with van der Waals surface area (Å²) < 4.78 is 5.13. The quantitative estimate of drug-likeness (QED) is 0.807. The van der Waals surface area contributed by atoms with E-state index in [9.17, 15) is 0 Å². The smallest absolute Gasteiger partial charge is 0.0713 e. The average molecular weight is 242 g/mol. The lowest BCUT2D eigenvalue weighted by Crippen LogP contribution is -1.99. The van der Waals surface area contributed by atoms with Crippen LogP contribution in [0.25, 0.3) is 0 Å². The molecule has 94 valence electrons. The Morgan fingerprint density at radius 1 is 1.17 bits per heavy atom. The fourth-order valence-corrected chi connectivity index (χ4v) is 1.91. The maximum Gasteiger partial charge on any atom is 0.0713 e. The van der Waals surface area contributed by atoms with Crippen LogP contribution in [-0.4, -0.2) is 7.11 Å². The highest BCUT2D eigenvalue weighted by Gasteiger charge is 2.03. The van der Waals surface area contributed by atoms with Gasteiger partial charge in [-0.15, -0.1) is 0 Å². The second-order valence-electron chi connectivity index (χ2n) is 4.30. The van der Waals surface area contributed by atoms with Gasteiger partial charge in [-0.3, -0.25) is 0 Å². The summed E-state index contributed by atoms with van der Waals surface area (Å²) in [4.78, 5) is 0. The van der Waals surface area contributed by atoms with Gasteiger partial charge in [0.1, 0.15) is 0 Å². The molecule has 2 aromatic rings. The highest BCUT2D eigenvalue weighted by atomic mass is 16.5. The summed E-state index contributed by atoms with van der Waals surface area (Å²) in [6, 6.07) is 14.0. The molecule has 0 amide bonds. The molecular formula is C15H18N2O. The van der Waals surface area contributed by atoms with Gasteiger partial charge in [-0.05, 0) is 36.2 Å². The van der Waals surface area contributed by atoms with E-state index in [0.29, 0.717) is 6.61 Å². The second kappa shape index (κ2) is 5.56. The minimum atomic E-state index is 0.610. The van der Waals surface area contributed by atoms with Gasteiger partial charge in [0.25, 0.3) is 0 Å². The Morgan fingerprint density at radius 3 is 2.67 bits per heavy atom. The van der Waals surface area contributed by atoms with Gasteiger partial charge in [0.2, 0.25) is 0 Å². The Kier molecular flexibility index (Phi) is 3.85. The van der Waals surface area contributed by atoms with Crippen molar-refractivity contribution in [2.75, 3.05) is 18.2 Å². The van der Waals surface area contributed by atoms with E-state index in [2.05, 4.69) is 11.4 Å². The van der Waals surface area contributed by atoms with E-state index in [1.54, 1.807) is 7.11 Å². The van der Waals surface area contributed by atoms with E-state index < -0.39 is 0 Å². The number of ether oxygens (including phenoxy) is 1. The lowest BCUT2D eigenvalue weighted by molar-refractivity contribution is 0.185. The first-order chi connectivity index (χ1) is 8.70. The van der Waals surface area contributed by atoms with Crippen LogP contribution in [0.15, 0.2) is 42.5 Å². The number of rotatable bonds is 4. The molecular weight excluding hydrogens is 224 g/mol. The number of para-hydroxylation sites is 1. The largest absolute Gasteiger partial charge is 0.397 e. The Bertz CT molecular complexity index is 518. The van der Waals surface area contributed by atoms with Crippen molar-refractivity contribution >= 4 is 17.1 Å². The van der Waals surface area contributed by atoms with Crippen LogP contribution in [0.3, 0.4) is 0 Å². The van der Waals surface area contributed by atoms with Crippen molar-refractivity contribution in [3.63, 3.8) is 0 Å². The average Bonchev–Trinajstić information content (AvgIpc) is 2.35. The van der Waals surface area contributed by atoms with Crippen molar-refractivity contribution < 1.29 is 4.74 Å². The van der Waals surface area contributed by atoms with Gasteiger partial charge in [-0.1, -0.05) is 24.3 Å². The van der Waals surface area contributed by atoms with Crippen LogP contribution in [0.5, 0.6) is 0 Å². The van der Waals surface area contributed by atoms with Crippen LogP contribution in [-0.2, 0) is 11.3 Å². The van der Waals surface area contributed by atoms with E-state index in [4.69, 9.17) is 10.5 Å². The summed E-state index contributed by atoms with van der Waals surface area (Å²) in [6.07, 6.45) is 0. The molecule has 2 rings (SSSR count). The lowest BCUT2D eigenvalue weighted by atomic mass is 10.1. The van der Waals surface area contributed by atoms with Crippen LogP contribution in [0.4, 0.5) is 17.1 Å². The second-order valence-corrected chi connectivity index (χ2v) is 4.30. The number of aryl methyl sites for hydroxylation is 1.